The lowest BCUT2D eigenvalue weighted by Gasteiger charge is -2.02. The highest BCUT2D eigenvalue weighted by Gasteiger charge is 2.10. The summed E-state index contributed by atoms with van der Waals surface area (Å²) in [6.07, 6.45) is 0. The number of hydrogen-bond acceptors (Lipinski definition) is 0. The molecule has 0 aromatic heterocycles. The summed E-state index contributed by atoms with van der Waals surface area (Å²) < 4.78 is 0.684. The first-order valence-electron chi connectivity index (χ1n) is 2.52. The molecule has 0 unspecified atom stereocenters. The Kier molecular flexibility index (Phi) is 3.59. The van der Waals surface area contributed by atoms with Crippen molar-refractivity contribution >= 4 is 69.0 Å². The van der Waals surface area contributed by atoms with E-state index in [0.717, 1.165) is 0 Å². The van der Waals surface area contributed by atoms with Crippen LogP contribution in [0.4, 0.5) is 0 Å². The Balaban J connectivity index is 3.46. The smallest absolute Gasteiger partial charge is 0.0741 e. The van der Waals surface area contributed by atoms with E-state index in [-0.39, 0.29) is 0 Å². The van der Waals surface area contributed by atoms with Crippen LogP contribution in [0.5, 0.6) is 0 Å². The van der Waals surface area contributed by atoms with E-state index in [0.29, 0.717) is 23.7 Å². The average molecular weight is 342 g/mol. The van der Waals surface area contributed by atoms with E-state index in [4.69, 9.17) is 46.4 Å². The molecule has 0 N–H and O–H groups in total. The van der Waals surface area contributed by atoms with Crippen molar-refractivity contribution in [2.24, 2.45) is 0 Å². The SMILES string of the molecule is Clc1cc(Cl)c(Cl)c(I)c1Cl. The second kappa shape index (κ2) is 3.88. The number of benzene rings is 1. The molecule has 0 spiro atoms. The molecule has 0 heterocycles. The summed E-state index contributed by atoms with van der Waals surface area (Å²) in [4.78, 5) is 0. The molecule has 0 fully saturated rings. The standard InChI is InChI=1S/C6HCl4I/c7-2-1-3(8)5(10)6(11)4(2)9/h1H. The average Bonchev–Trinajstić information content (AvgIpc) is 1.97. The van der Waals surface area contributed by atoms with Gasteiger partial charge in [0.1, 0.15) is 0 Å². The molecule has 0 saturated carbocycles. The summed E-state index contributed by atoms with van der Waals surface area (Å²) in [5.41, 5.74) is 0. The molecule has 11 heavy (non-hydrogen) atoms. The van der Waals surface area contributed by atoms with Gasteiger partial charge in [-0.2, -0.15) is 0 Å². The van der Waals surface area contributed by atoms with Crippen LogP contribution in [-0.2, 0) is 0 Å². The first kappa shape index (κ1) is 10.2. The van der Waals surface area contributed by atoms with E-state index in [1.807, 2.05) is 22.6 Å². The fraction of sp³-hybridized carbons (Fsp3) is 0. The Morgan fingerprint density at radius 3 is 1.64 bits per heavy atom. The molecule has 0 atom stereocenters. The zero-order valence-corrected chi connectivity index (χ0v) is 10.1. The molecule has 0 radical (unpaired) electrons. The fourth-order valence-electron chi connectivity index (χ4n) is 0.544. The molecule has 0 aliphatic carbocycles. The number of halogens is 5. The van der Waals surface area contributed by atoms with Crippen molar-refractivity contribution in [2.75, 3.05) is 0 Å². The lowest BCUT2D eigenvalue weighted by molar-refractivity contribution is 1.64. The van der Waals surface area contributed by atoms with E-state index >= 15 is 0 Å². The van der Waals surface area contributed by atoms with Gasteiger partial charge in [-0.3, -0.25) is 0 Å². The highest BCUT2D eigenvalue weighted by molar-refractivity contribution is 14.1. The van der Waals surface area contributed by atoms with E-state index in [9.17, 15) is 0 Å². The van der Waals surface area contributed by atoms with Gasteiger partial charge in [-0.1, -0.05) is 46.4 Å². The molecule has 0 amide bonds. The molecule has 0 nitrogen and oxygen atoms in total. The van der Waals surface area contributed by atoms with Gasteiger partial charge < -0.3 is 0 Å². The molecule has 0 bridgehead atoms. The van der Waals surface area contributed by atoms with E-state index in [1.165, 1.54) is 6.07 Å². The van der Waals surface area contributed by atoms with Crippen LogP contribution < -0.4 is 0 Å². The third kappa shape index (κ3) is 2.07. The largest absolute Gasteiger partial charge is 0.0826 e. The van der Waals surface area contributed by atoms with E-state index in [2.05, 4.69) is 0 Å². The van der Waals surface area contributed by atoms with Crippen LogP contribution in [0, 0.1) is 3.57 Å². The summed E-state index contributed by atoms with van der Waals surface area (Å²) in [5.74, 6) is 0. The maximum absolute atomic E-state index is 5.77. The van der Waals surface area contributed by atoms with Gasteiger partial charge in [-0.25, -0.2) is 0 Å². The highest BCUT2D eigenvalue weighted by Crippen LogP contribution is 2.37. The predicted octanol–water partition coefficient (Wildman–Crippen LogP) is 4.90. The Hall–Kier alpha value is 1.11. The Labute approximate surface area is 97.9 Å². The van der Waals surface area contributed by atoms with Crippen LogP contribution in [0.25, 0.3) is 0 Å². The first-order chi connectivity index (χ1) is 5.04. The molecule has 1 aromatic carbocycles. The van der Waals surface area contributed by atoms with Gasteiger partial charge in [0.25, 0.3) is 0 Å². The second-order valence-electron chi connectivity index (χ2n) is 1.78. The van der Waals surface area contributed by atoms with Crippen LogP contribution in [0.3, 0.4) is 0 Å². The summed E-state index contributed by atoms with van der Waals surface area (Å²) in [6.45, 7) is 0. The minimum absolute atomic E-state index is 0.422. The van der Waals surface area contributed by atoms with Crippen molar-refractivity contribution in [2.45, 2.75) is 0 Å². The third-order valence-electron chi connectivity index (χ3n) is 1.06. The zero-order chi connectivity index (χ0) is 8.59. The minimum atomic E-state index is 0.422. The predicted molar refractivity (Wildman–Crippen MR) is 59.2 cm³/mol. The van der Waals surface area contributed by atoms with Crippen LogP contribution in [-0.4, -0.2) is 0 Å². The summed E-state index contributed by atoms with van der Waals surface area (Å²) >= 11 is 25.0. The second-order valence-corrected chi connectivity index (χ2v) is 4.43. The van der Waals surface area contributed by atoms with Crippen molar-refractivity contribution in [3.05, 3.63) is 29.7 Å². The molecule has 0 aliphatic rings. The highest BCUT2D eigenvalue weighted by atomic mass is 127. The van der Waals surface area contributed by atoms with Gasteiger partial charge in [0.2, 0.25) is 0 Å². The van der Waals surface area contributed by atoms with E-state index < -0.39 is 0 Å². The quantitative estimate of drug-likeness (QED) is 0.357. The van der Waals surface area contributed by atoms with Gasteiger partial charge in [-0.15, -0.1) is 0 Å². The molecular formula is C6HCl4I. The van der Waals surface area contributed by atoms with Crippen molar-refractivity contribution in [1.29, 1.82) is 0 Å². The lowest BCUT2D eigenvalue weighted by atomic mass is 10.4. The minimum Gasteiger partial charge on any atom is -0.0826 e. The molecule has 5 heteroatoms. The van der Waals surface area contributed by atoms with Crippen molar-refractivity contribution in [3.8, 4) is 0 Å². The fourth-order valence-corrected chi connectivity index (χ4v) is 2.25. The number of hydrogen-bond donors (Lipinski definition) is 0. The lowest BCUT2D eigenvalue weighted by Crippen LogP contribution is -1.79. The van der Waals surface area contributed by atoms with Gasteiger partial charge in [-0.05, 0) is 28.7 Å². The van der Waals surface area contributed by atoms with Crippen molar-refractivity contribution < 1.29 is 0 Å². The van der Waals surface area contributed by atoms with Crippen LogP contribution in [0.15, 0.2) is 6.07 Å². The summed E-state index contributed by atoms with van der Waals surface area (Å²) in [7, 11) is 0. The maximum atomic E-state index is 5.77. The van der Waals surface area contributed by atoms with Crippen LogP contribution in [0.2, 0.25) is 20.1 Å². The van der Waals surface area contributed by atoms with Crippen molar-refractivity contribution in [3.63, 3.8) is 0 Å². The first-order valence-corrected chi connectivity index (χ1v) is 5.11. The van der Waals surface area contributed by atoms with Gasteiger partial charge in [0, 0.05) is 0 Å². The van der Waals surface area contributed by atoms with Gasteiger partial charge in [0.15, 0.2) is 0 Å². The van der Waals surface area contributed by atoms with E-state index in [1.54, 1.807) is 0 Å². The summed E-state index contributed by atoms with van der Waals surface area (Å²) in [5, 5.41) is 1.74. The van der Waals surface area contributed by atoms with Crippen LogP contribution in [0.1, 0.15) is 0 Å². The molecule has 0 saturated heterocycles. The number of rotatable bonds is 0. The molecule has 60 valence electrons. The maximum Gasteiger partial charge on any atom is 0.0741 e. The topological polar surface area (TPSA) is 0 Å². The normalized spacial score (nSPS) is 10.3. The molecule has 1 aromatic rings. The Bertz CT molecular complexity index is 271. The zero-order valence-electron chi connectivity index (χ0n) is 4.97. The molecular weight excluding hydrogens is 341 g/mol. The Morgan fingerprint density at radius 1 is 0.909 bits per heavy atom. The summed E-state index contributed by atoms with van der Waals surface area (Å²) in [6, 6.07) is 1.52. The molecule has 0 aliphatic heterocycles. The Morgan fingerprint density at radius 2 is 1.27 bits per heavy atom. The third-order valence-corrected chi connectivity index (χ3v) is 4.35. The van der Waals surface area contributed by atoms with Gasteiger partial charge in [0.05, 0.1) is 23.7 Å². The van der Waals surface area contributed by atoms with Crippen molar-refractivity contribution in [1.82, 2.24) is 0 Å². The molecule has 1 rings (SSSR count). The van der Waals surface area contributed by atoms with Crippen LogP contribution >= 0.6 is 69.0 Å². The monoisotopic (exact) mass is 340 g/mol. The van der Waals surface area contributed by atoms with Gasteiger partial charge >= 0.3 is 0 Å².